The van der Waals surface area contributed by atoms with Gasteiger partial charge in [0, 0.05) is 11.6 Å². The zero-order valence-electron chi connectivity index (χ0n) is 8.52. The number of hydrogen-bond donors (Lipinski definition) is 1. The molecule has 1 aliphatic rings. The van der Waals surface area contributed by atoms with Gasteiger partial charge in [-0.05, 0) is 47.4 Å². The number of nitrogens with one attached hydrogen (secondary N) is 1. The number of halogens is 2. The molecule has 1 unspecified atom stereocenters. The van der Waals surface area contributed by atoms with Crippen LogP contribution in [-0.4, -0.2) is 13.7 Å². The second-order valence-electron chi connectivity index (χ2n) is 3.66. The molecule has 0 bridgehead atoms. The highest BCUT2D eigenvalue weighted by molar-refractivity contribution is 9.10. The maximum absolute atomic E-state index is 13.4. The molecule has 0 spiro atoms. The first-order valence-electron chi connectivity index (χ1n) is 4.98. The maximum Gasteiger partial charge on any atom is 0.137 e. The minimum absolute atomic E-state index is 0.225. The van der Waals surface area contributed by atoms with Crippen molar-refractivity contribution in [3.63, 3.8) is 0 Å². The van der Waals surface area contributed by atoms with Crippen LogP contribution in [0.5, 0.6) is 5.75 Å². The normalized spacial score (nSPS) is 20.6. The summed E-state index contributed by atoms with van der Waals surface area (Å²) in [5, 5.41) is 3.33. The van der Waals surface area contributed by atoms with E-state index in [4.69, 9.17) is 4.74 Å². The summed E-state index contributed by atoms with van der Waals surface area (Å²) in [4.78, 5) is 0. The zero-order valence-corrected chi connectivity index (χ0v) is 10.1. The van der Waals surface area contributed by atoms with Gasteiger partial charge in [-0.3, -0.25) is 0 Å². The van der Waals surface area contributed by atoms with Crippen molar-refractivity contribution < 1.29 is 9.13 Å². The van der Waals surface area contributed by atoms with Crippen LogP contribution in [0.25, 0.3) is 0 Å². The molecule has 2 rings (SSSR count). The molecule has 0 aromatic heterocycles. The van der Waals surface area contributed by atoms with Crippen LogP contribution in [0.1, 0.15) is 24.4 Å². The summed E-state index contributed by atoms with van der Waals surface area (Å²) in [6, 6.07) is 3.46. The fraction of sp³-hybridized carbons (Fsp3) is 0.455. The van der Waals surface area contributed by atoms with Crippen molar-refractivity contribution >= 4 is 15.9 Å². The lowest BCUT2D eigenvalue weighted by Gasteiger charge is -2.15. The van der Waals surface area contributed by atoms with Gasteiger partial charge in [-0.1, -0.05) is 0 Å². The number of ether oxygens (including phenoxy) is 1. The quantitative estimate of drug-likeness (QED) is 0.895. The van der Waals surface area contributed by atoms with Gasteiger partial charge in [-0.25, -0.2) is 4.39 Å². The van der Waals surface area contributed by atoms with Crippen LogP contribution in [0.3, 0.4) is 0 Å². The Morgan fingerprint density at radius 1 is 1.53 bits per heavy atom. The highest BCUT2D eigenvalue weighted by Gasteiger charge is 2.21. The third kappa shape index (κ3) is 2.16. The zero-order chi connectivity index (χ0) is 10.8. The fourth-order valence-corrected chi connectivity index (χ4v) is 2.27. The molecule has 0 aliphatic carbocycles. The number of methoxy groups -OCH3 is 1. The van der Waals surface area contributed by atoms with Crippen LogP contribution in [0, 0.1) is 5.82 Å². The molecule has 1 aromatic rings. The summed E-state index contributed by atoms with van der Waals surface area (Å²) < 4.78 is 19.1. The van der Waals surface area contributed by atoms with Gasteiger partial charge in [0.15, 0.2) is 0 Å². The van der Waals surface area contributed by atoms with E-state index in [9.17, 15) is 4.39 Å². The molecule has 1 fully saturated rings. The Bertz CT molecular complexity index is 364. The molecular formula is C11H13BrFNO. The predicted molar refractivity (Wildman–Crippen MR) is 60.6 cm³/mol. The standard InChI is InChI=1S/C11H13BrFNO/c1-15-11-6-8(12)9(13)5-7(11)10-3-2-4-14-10/h5-6,10,14H,2-4H2,1H3. The molecule has 1 aliphatic heterocycles. The Balaban J connectivity index is 2.39. The molecular weight excluding hydrogens is 261 g/mol. The van der Waals surface area contributed by atoms with Crippen LogP contribution in [0.2, 0.25) is 0 Å². The van der Waals surface area contributed by atoms with E-state index >= 15 is 0 Å². The molecule has 1 saturated heterocycles. The van der Waals surface area contributed by atoms with Gasteiger partial charge < -0.3 is 10.1 Å². The SMILES string of the molecule is COc1cc(Br)c(F)cc1C1CCCN1. The molecule has 1 aromatic carbocycles. The van der Waals surface area contributed by atoms with Crippen LogP contribution < -0.4 is 10.1 Å². The molecule has 1 N–H and O–H groups in total. The third-order valence-corrected chi connectivity index (χ3v) is 3.32. The van der Waals surface area contributed by atoms with Gasteiger partial charge in [0.25, 0.3) is 0 Å². The van der Waals surface area contributed by atoms with E-state index in [1.54, 1.807) is 19.2 Å². The largest absolute Gasteiger partial charge is 0.496 e. The predicted octanol–water partition coefficient (Wildman–Crippen LogP) is 3.02. The van der Waals surface area contributed by atoms with Gasteiger partial charge in [0.1, 0.15) is 11.6 Å². The summed E-state index contributed by atoms with van der Waals surface area (Å²) in [5.41, 5.74) is 0.913. The van der Waals surface area contributed by atoms with E-state index < -0.39 is 0 Å². The molecule has 1 heterocycles. The highest BCUT2D eigenvalue weighted by atomic mass is 79.9. The summed E-state index contributed by atoms with van der Waals surface area (Å²) in [6.45, 7) is 0.992. The van der Waals surface area contributed by atoms with Crippen molar-refractivity contribution in [2.24, 2.45) is 0 Å². The Labute approximate surface area is 96.9 Å². The second-order valence-corrected chi connectivity index (χ2v) is 4.51. The van der Waals surface area contributed by atoms with Crippen molar-refractivity contribution in [2.45, 2.75) is 18.9 Å². The molecule has 15 heavy (non-hydrogen) atoms. The van der Waals surface area contributed by atoms with Crippen LogP contribution in [0.4, 0.5) is 4.39 Å². The summed E-state index contributed by atoms with van der Waals surface area (Å²) in [7, 11) is 1.61. The van der Waals surface area contributed by atoms with Gasteiger partial charge in [0.05, 0.1) is 11.6 Å². The van der Waals surface area contributed by atoms with Gasteiger partial charge >= 0.3 is 0 Å². The molecule has 4 heteroatoms. The monoisotopic (exact) mass is 273 g/mol. The van der Waals surface area contributed by atoms with E-state index in [0.29, 0.717) is 4.47 Å². The molecule has 1 atom stereocenters. The van der Waals surface area contributed by atoms with Crippen molar-refractivity contribution in [3.05, 3.63) is 28.0 Å². The van der Waals surface area contributed by atoms with Crippen LogP contribution in [-0.2, 0) is 0 Å². The van der Waals surface area contributed by atoms with E-state index in [1.165, 1.54) is 0 Å². The minimum Gasteiger partial charge on any atom is -0.496 e. The van der Waals surface area contributed by atoms with Gasteiger partial charge in [-0.2, -0.15) is 0 Å². The van der Waals surface area contributed by atoms with Crippen molar-refractivity contribution in [1.29, 1.82) is 0 Å². The maximum atomic E-state index is 13.4. The summed E-state index contributed by atoms with van der Waals surface area (Å²) in [6.07, 6.45) is 2.17. The third-order valence-electron chi connectivity index (χ3n) is 2.71. The summed E-state index contributed by atoms with van der Waals surface area (Å²) >= 11 is 3.15. The van der Waals surface area contributed by atoms with E-state index in [-0.39, 0.29) is 11.9 Å². The van der Waals surface area contributed by atoms with Crippen LogP contribution >= 0.6 is 15.9 Å². The fourth-order valence-electron chi connectivity index (χ4n) is 1.94. The van der Waals surface area contributed by atoms with Crippen LogP contribution in [0.15, 0.2) is 16.6 Å². The summed E-state index contributed by atoms with van der Waals surface area (Å²) in [5.74, 6) is 0.502. The Morgan fingerprint density at radius 3 is 2.93 bits per heavy atom. The average Bonchev–Trinajstić information content (AvgIpc) is 2.74. The second kappa shape index (κ2) is 4.49. The minimum atomic E-state index is -0.237. The van der Waals surface area contributed by atoms with Gasteiger partial charge in [-0.15, -0.1) is 0 Å². The first-order valence-corrected chi connectivity index (χ1v) is 5.78. The Hall–Kier alpha value is -0.610. The van der Waals surface area contributed by atoms with Crippen molar-refractivity contribution in [3.8, 4) is 5.75 Å². The highest BCUT2D eigenvalue weighted by Crippen LogP contribution is 2.34. The molecule has 0 amide bonds. The van der Waals surface area contributed by atoms with E-state index in [0.717, 1.165) is 30.7 Å². The molecule has 0 radical (unpaired) electrons. The Morgan fingerprint density at radius 2 is 2.33 bits per heavy atom. The topological polar surface area (TPSA) is 21.3 Å². The molecule has 0 saturated carbocycles. The van der Waals surface area contributed by atoms with E-state index in [2.05, 4.69) is 21.2 Å². The number of benzene rings is 1. The van der Waals surface area contributed by atoms with Crippen molar-refractivity contribution in [1.82, 2.24) is 5.32 Å². The Kier molecular flexibility index (Phi) is 3.26. The smallest absolute Gasteiger partial charge is 0.137 e. The number of rotatable bonds is 2. The van der Waals surface area contributed by atoms with Gasteiger partial charge in [0.2, 0.25) is 0 Å². The molecule has 82 valence electrons. The number of hydrogen-bond acceptors (Lipinski definition) is 2. The first kappa shape index (κ1) is 10.9. The first-order chi connectivity index (χ1) is 7.22. The lowest BCUT2D eigenvalue weighted by molar-refractivity contribution is 0.401. The average molecular weight is 274 g/mol. The van der Waals surface area contributed by atoms with E-state index in [1.807, 2.05) is 0 Å². The van der Waals surface area contributed by atoms with Crippen molar-refractivity contribution in [2.75, 3.05) is 13.7 Å². The lowest BCUT2D eigenvalue weighted by Crippen LogP contribution is -2.14. The lowest BCUT2D eigenvalue weighted by atomic mass is 10.0. The molecule has 2 nitrogen and oxygen atoms in total.